The van der Waals surface area contributed by atoms with Gasteiger partial charge in [0.2, 0.25) is 11.9 Å². The number of aryl methyl sites for hydroxylation is 3. The van der Waals surface area contributed by atoms with Crippen molar-refractivity contribution in [2.45, 2.75) is 39.0 Å². The van der Waals surface area contributed by atoms with Gasteiger partial charge in [0, 0.05) is 37.1 Å². The summed E-state index contributed by atoms with van der Waals surface area (Å²) >= 11 is 6.37. The number of halogens is 1. The predicted molar refractivity (Wildman–Crippen MR) is 153 cm³/mol. The number of aromatic nitrogens is 5. The summed E-state index contributed by atoms with van der Waals surface area (Å²) in [5, 5.41) is 17.4. The van der Waals surface area contributed by atoms with Crippen LogP contribution in [0.1, 0.15) is 46.6 Å². The Morgan fingerprint density at radius 2 is 1.93 bits per heavy atom. The standard InChI is InChI=1S/C28H28ClN9O3/c1-16-25(37-41-36-16)27(40)38-8-6-17(7-9-38)11-24(39)34-23-5-4-20-12-19(23)3-2-18-10-21(14-30-13-18)33-28-31-15-22(29)26(32-20)35-28/h4-5,10,12-15,17H,2-3,6-9,11H2,1H3,(H,34,39)(H2,31,32,33,35). The van der Waals surface area contributed by atoms with Crippen LogP contribution in [-0.2, 0) is 17.6 Å². The summed E-state index contributed by atoms with van der Waals surface area (Å²) in [7, 11) is 0. The van der Waals surface area contributed by atoms with Gasteiger partial charge in [0.25, 0.3) is 5.91 Å². The lowest BCUT2D eigenvalue weighted by Gasteiger charge is -2.31. The van der Waals surface area contributed by atoms with E-state index >= 15 is 0 Å². The zero-order valence-corrected chi connectivity index (χ0v) is 23.1. The Morgan fingerprint density at radius 3 is 2.73 bits per heavy atom. The number of amides is 2. The number of nitrogens with zero attached hydrogens (tertiary/aromatic N) is 6. The number of hydrogen-bond donors (Lipinski definition) is 3. The first-order valence-electron chi connectivity index (χ1n) is 13.4. The van der Waals surface area contributed by atoms with Gasteiger partial charge in [0.05, 0.1) is 18.1 Å². The minimum absolute atomic E-state index is 0.0532. The molecule has 1 saturated heterocycles. The highest BCUT2D eigenvalue weighted by Crippen LogP contribution is 2.30. The van der Waals surface area contributed by atoms with Gasteiger partial charge in [0.1, 0.15) is 10.7 Å². The van der Waals surface area contributed by atoms with Crippen molar-refractivity contribution in [1.29, 1.82) is 0 Å². The maximum absolute atomic E-state index is 13.1. The molecule has 5 heterocycles. The van der Waals surface area contributed by atoms with Gasteiger partial charge in [-0.05, 0) is 79.1 Å². The maximum Gasteiger partial charge on any atom is 0.278 e. The summed E-state index contributed by atoms with van der Waals surface area (Å²) < 4.78 is 4.67. The minimum atomic E-state index is -0.184. The smallest absolute Gasteiger partial charge is 0.278 e. The lowest BCUT2D eigenvalue weighted by molar-refractivity contribution is -0.117. The van der Waals surface area contributed by atoms with E-state index in [1.165, 1.54) is 0 Å². The number of likely N-dealkylation sites (tertiary alicyclic amines) is 1. The Hall–Kier alpha value is -4.58. The monoisotopic (exact) mass is 573 g/mol. The van der Waals surface area contributed by atoms with Crippen molar-refractivity contribution in [1.82, 2.24) is 30.2 Å². The van der Waals surface area contributed by atoms with E-state index in [2.05, 4.69) is 45.8 Å². The van der Waals surface area contributed by atoms with E-state index < -0.39 is 0 Å². The van der Waals surface area contributed by atoms with E-state index in [1.54, 1.807) is 24.2 Å². The molecule has 12 nitrogen and oxygen atoms in total. The summed E-state index contributed by atoms with van der Waals surface area (Å²) in [5.74, 6) is 0.811. The van der Waals surface area contributed by atoms with Crippen molar-refractivity contribution in [2.75, 3.05) is 29.0 Å². The van der Waals surface area contributed by atoms with Gasteiger partial charge in [-0.2, -0.15) is 4.98 Å². The second kappa shape index (κ2) is 11.5. The van der Waals surface area contributed by atoms with E-state index in [9.17, 15) is 9.59 Å². The fourth-order valence-electron chi connectivity index (χ4n) is 5.13. The Balaban J connectivity index is 1.14. The quantitative estimate of drug-likeness (QED) is 0.314. The van der Waals surface area contributed by atoms with Gasteiger partial charge in [-0.3, -0.25) is 14.6 Å². The first-order valence-corrected chi connectivity index (χ1v) is 13.8. The zero-order valence-electron chi connectivity index (χ0n) is 22.4. The number of carbonyl (C=O) groups excluding carboxylic acids is 2. The number of piperidine rings is 1. The van der Waals surface area contributed by atoms with Crippen LogP contribution in [0.3, 0.4) is 0 Å². The highest BCUT2D eigenvalue weighted by Gasteiger charge is 2.28. The summed E-state index contributed by atoms with van der Waals surface area (Å²) in [4.78, 5) is 40.7. The molecule has 4 aromatic rings. The third-order valence-electron chi connectivity index (χ3n) is 7.35. The lowest BCUT2D eigenvalue weighted by atomic mass is 9.93. The molecule has 0 radical (unpaired) electrons. The normalized spacial score (nSPS) is 15.0. The van der Waals surface area contributed by atoms with E-state index in [0.29, 0.717) is 48.4 Å². The summed E-state index contributed by atoms with van der Waals surface area (Å²) in [6, 6.07) is 7.79. The molecule has 1 aromatic carbocycles. The number of nitrogens with one attached hydrogen (secondary N) is 3. The van der Waals surface area contributed by atoms with Crippen molar-refractivity contribution in [3.05, 3.63) is 70.4 Å². The van der Waals surface area contributed by atoms with E-state index in [-0.39, 0.29) is 23.4 Å². The molecule has 2 aliphatic heterocycles. The van der Waals surface area contributed by atoms with Crippen LogP contribution in [-0.4, -0.2) is 55.1 Å². The molecule has 2 amide bonds. The van der Waals surface area contributed by atoms with Gasteiger partial charge in [-0.15, -0.1) is 0 Å². The van der Waals surface area contributed by atoms with Crippen molar-refractivity contribution in [3.8, 4) is 0 Å². The lowest BCUT2D eigenvalue weighted by Crippen LogP contribution is -2.39. The van der Waals surface area contributed by atoms with Crippen LogP contribution >= 0.6 is 11.6 Å². The predicted octanol–water partition coefficient (Wildman–Crippen LogP) is 4.68. The molecule has 0 aliphatic carbocycles. The van der Waals surface area contributed by atoms with Crippen LogP contribution in [0.25, 0.3) is 0 Å². The zero-order chi connectivity index (χ0) is 28.3. The molecule has 13 heteroatoms. The molecule has 0 saturated carbocycles. The molecule has 0 unspecified atom stereocenters. The van der Waals surface area contributed by atoms with Gasteiger partial charge < -0.3 is 20.9 Å². The molecule has 2 aliphatic rings. The van der Waals surface area contributed by atoms with Gasteiger partial charge in [-0.1, -0.05) is 16.8 Å². The Kier molecular flexibility index (Phi) is 7.47. The number of anilines is 5. The number of hydrogen-bond acceptors (Lipinski definition) is 10. The van der Waals surface area contributed by atoms with Crippen LogP contribution in [0.5, 0.6) is 0 Å². The van der Waals surface area contributed by atoms with Crippen molar-refractivity contribution >= 4 is 52.2 Å². The molecular weight excluding hydrogens is 546 g/mol. The summed E-state index contributed by atoms with van der Waals surface area (Å²) in [6.45, 7) is 2.81. The third-order valence-corrected chi connectivity index (χ3v) is 7.63. The number of carbonyl (C=O) groups is 2. The first-order chi connectivity index (χ1) is 19.9. The first kappa shape index (κ1) is 26.6. The van der Waals surface area contributed by atoms with Gasteiger partial charge >= 0.3 is 0 Å². The second-order valence-electron chi connectivity index (χ2n) is 10.3. The van der Waals surface area contributed by atoms with E-state index in [4.69, 9.17) is 11.6 Å². The minimum Gasteiger partial charge on any atom is -0.339 e. The maximum atomic E-state index is 13.1. The molecule has 41 heavy (non-hydrogen) atoms. The van der Waals surface area contributed by atoms with Gasteiger partial charge in [0.15, 0.2) is 11.5 Å². The van der Waals surface area contributed by atoms with Crippen LogP contribution in [0.15, 0.2) is 47.5 Å². The highest BCUT2D eigenvalue weighted by atomic mass is 35.5. The summed E-state index contributed by atoms with van der Waals surface area (Å²) in [5.41, 5.74) is 5.06. The summed E-state index contributed by atoms with van der Waals surface area (Å²) in [6.07, 6.45) is 8.34. The number of pyridine rings is 1. The molecule has 1 fully saturated rings. The third kappa shape index (κ3) is 6.12. The largest absolute Gasteiger partial charge is 0.339 e. The molecule has 0 spiro atoms. The van der Waals surface area contributed by atoms with Crippen molar-refractivity contribution in [2.24, 2.45) is 5.92 Å². The average Bonchev–Trinajstić information content (AvgIpc) is 3.40. The Morgan fingerprint density at radius 1 is 1.07 bits per heavy atom. The van der Waals surface area contributed by atoms with Crippen LogP contribution in [0.4, 0.5) is 28.8 Å². The van der Waals surface area contributed by atoms with Crippen LogP contribution in [0, 0.1) is 12.8 Å². The van der Waals surface area contributed by atoms with Gasteiger partial charge in [-0.25, -0.2) is 9.61 Å². The Labute approximate surface area is 240 Å². The van der Waals surface area contributed by atoms with E-state index in [0.717, 1.165) is 47.5 Å². The van der Waals surface area contributed by atoms with Crippen molar-refractivity contribution < 1.29 is 14.2 Å². The molecule has 3 N–H and O–H groups in total. The number of fused-ring (bicyclic) bond motifs is 6. The molecule has 3 aromatic heterocycles. The SMILES string of the molecule is Cc1nonc1C(=O)N1CCC(CC(=O)Nc2ccc3cc2CCc2cncc(c2)Nc2ncc(Cl)c(n2)N3)CC1. The molecular formula is C28H28ClN9O3. The highest BCUT2D eigenvalue weighted by molar-refractivity contribution is 6.32. The second-order valence-corrected chi connectivity index (χ2v) is 10.7. The average molecular weight is 574 g/mol. The Bertz CT molecular complexity index is 1600. The van der Waals surface area contributed by atoms with Crippen LogP contribution in [0.2, 0.25) is 5.02 Å². The fourth-order valence-corrected chi connectivity index (χ4v) is 5.27. The number of rotatable bonds is 4. The fraction of sp³-hybridized carbons (Fsp3) is 0.321. The van der Waals surface area contributed by atoms with E-state index in [1.807, 2.05) is 30.5 Å². The molecule has 6 rings (SSSR count). The molecule has 6 bridgehead atoms. The molecule has 0 atom stereocenters. The van der Waals surface area contributed by atoms with Crippen LogP contribution < -0.4 is 16.0 Å². The number of benzene rings is 1. The topological polar surface area (TPSA) is 151 Å². The molecule has 210 valence electrons. The van der Waals surface area contributed by atoms with Crippen molar-refractivity contribution in [3.63, 3.8) is 0 Å².